The number of carbonyl (C=O) groups is 1. The molecule has 0 spiro atoms. The minimum Gasteiger partial charge on any atom is -0.478 e. The molecule has 0 saturated heterocycles. The molecule has 2 atom stereocenters. The Morgan fingerprint density at radius 3 is 2.26 bits per heavy atom. The van der Waals surface area contributed by atoms with Crippen molar-refractivity contribution in [2.24, 2.45) is 0 Å². The minimum atomic E-state index is -0.912. The van der Waals surface area contributed by atoms with Crippen LogP contribution in [0, 0.1) is 13.8 Å². The highest BCUT2D eigenvalue weighted by molar-refractivity contribution is 5.92. The molecule has 0 bridgehead atoms. The van der Waals surface area contributed by atoms with Gasteiger partial charge in [-0.2, -0.15) is 0 Å². The van der Waals surface area contributed by atoms with E-state index in [4.69, 9.17) is 4.74 Å². The molecule has 0 aliphatic heterocycles. The van der Waals surface area contributed by atoms with E-state index < -0.39 is 12.1 Å². The number of nitrogens with one attached hydrogen (secondary N) is 1. The summed E-state index contributed by atoms with van der Waals surface area (Å²) in [4.78, 5) is 11.6. The largest absolute Gasteiger partial charge is 0.478 e. The second kappa shape index (κ2) is 12.1. The van der Waals surface area contributed by atoms with Crippen LogP contribution in [0.1, 0.15) is 59.5 Å². The number of hydrogen-bond acceptors (Lipinski definition) is 4. The van der Waals surface area contributed by atoms with Crippen LogP contribution in [0.3, 0.4) is 0 Å². The summed E-state index contributed by atoms with van der Waals surface area (Å²) in [5, 5.41) is 26.2. The van der Waals surface area contributed by atoms with E-state index in [2.05, 4.69) is 61.6 Å². The van der Waals surface area contributed by atoms with E-state index in [1.807, 2.05) is 57.2 Å². The number of carboxylic acids is 1. The number of β-amino-alcohol motifs (C(OH)–C–C–N with tert-alkyl or cyclic N) is 1. The van der Waals surface area contributed by atoms with Crippen LogP contribution >= 0.6 is 0 Å². The molecular weight excluding hydrogens is 486 g/mol. The molecule has 0 aliphatic rings. The average molecular weight is 526 g/mol. The maximum absolute atomic E-state index is 11.6. The Bertz CT molecular complexity index is 1440. The summed E-state index contributed by atoms with van der Waals surface area (Å²) in [6, 6.07) is 26.7. The van der Waals surface area contributed by atoms with E-state index in [0.29, 0.717) is 12.1 Å². The lowest BCUT2D eigenvalue weighted by Gasteiger charge is -2.28. The molecule has 0 saturated carbocycles. The van der Waals surface area contributed by atoms with Gasteiger partial charge in [-0.25, -0.2) is 4.79 Å². The zero-order valence-electron chi connectivity index (χ0n) is 23.5. The molecule has 0 aliphatic carbocycles. The summed E-state index contributed by atoms with van der Waals surface area (Å²) >= 11 is 0. The second-order valence-electron chi connectivity index (χ2n) is 11.1. The first-order valence-corrected chi connectivity index (χ1v) is 13.5. The highest BCUT2D eigenvalue weighted by Gasteiger charge is 2.21. The lowest BCUT2D eigenvalue weighted by Crippen LogP contribution is -2.46. The normalized spacial score (nSPS) is 13.4. The Kier molecular flexibility index (Phi) is 8.86. The molecule has 4 aromatic rings. The highest BCUT2D eigenvalue weighted by Crippen LogP contribution is 2.32. The standard InChI is InChI=1S/C34H39NO4/c1-22-16-28(17-23(2)32(22)33(37)38)31-13-9-8-12-30(31)24(3)39-21-29(36)20-35-34(4,5)19-25-14-15-26-10-6-7-11-27(26)18-25/h6-18,24,29,35-36H,19-21H2,1-5H3,(H,37,38)/t24-,29-/m1/s1. The summed E-state index contributed by atoms with van der Waals surface area (Å²) in [7, 11) is 0. The first-order chi connectivity index (χ1) is 18.5. The van der Waals surface area contributed by atoms with E-state index in [0.717, 1.165) is 34.2 Å². The predicted octanol–water partition coefficient (Wildman–Crippen LogP) is 6.87. The summed E-state index contributed by atoms with van der Waals surface area (Å²) in [5.41, 5.74) is 5.82. The van der Waals surface area contributed by atoms with Crippen LogP contribution < -0.4 is 5.32 Å². The van der Waals surface area contributed by atoms with Crippen LogP contribution in [0.2, 0.25) is 0 Å². The lowest BCUT2D eigenvalue weighted by atomic mass is 9.92. The van der Waals surface area contributed by atoms with Crippen molar-refractivity contribution in [3.63, 3.8) is 0 Å². The molecule has 3 N–H and O–H groups in total. The van der Waals surface area contributed by atoms with Gasteiger partial charge in [-0.3, -0.25) is 0 Å². The van der Waals surface area contributed by atoms with Gasteiger partial charge in [0.15, 0.2) is 0 Å². The SMILES string of the molecule is Cc1cc(-c2ccccc2[C@@H](C)OC[C@H](O)CNC(C)(C)Cc2ccc3ccccc3c2)cc(C)c1C(=O)O. The number of carboxylic acid groups (broad SMARTS) is 1. The number of benzene rings is 4. The van der Waals surface area contributed by atoms with Crippen LogP contribution in [0.25, 0.3) is 21.9 Å². The Hall–Kier alpha value is -3.51. The minimum absolute atomic E-state index is 0.195. The van der Waals surface area contributed by atoms with Gasteiger partial charge in [0, 0.05) is 12.1 Å². The molecule has 4 rings (SSSR count). The van der Waals surface area contributed by atoms with Gasteiger partial charge in [0.25, 0.3) is 0 Å². The van der Waals surface area contributed by atoms with Gasteiger partial charge >= 0.3 is 5.97 Å². The fourth-order valence-electron chi connectivity index (χ4n) is 5.29. The molecule has 39 heavy (non-hydrogen) atoms. The van der Waals surface area contributed by atoms with E-state index in [-0.39, 0.29) is 18.2 Å². The maximum atomic E-state index is 11.6. The van der Waals surface area contributed by atoms with Gasteiger partial charge in [0.05, 0.1) is 24.4 Å². The summed E-state index contributed by atoms with van der Waals surface area (Å²) in [5.74, 6) is -0.912. The molecule has 5 heteroatoms. The number of fused-ring (bicyclic) bond motifs is 1. The summed E-state index contributed by atoms with van der Waals surface area (Å²) < 4.78 is 6.12. The Labute approximate surface area is 231 Å². The van der Waals surface area contributed by atoms with Crippen molar-refractivity contribution in [1.29, 1.82) is 0 Å². The molecule has 0 amide bonds. The molecule has 0 fully saturated rings. The number of aromatic carboxylic acids is 1. The number of aliphatic hydroxyl groups excluding tert-OH is 1. The van der Waals surface area contributed by atoms with Gasteiger partial charge in [0.2, 0.25) is 0 Å². The fraction of sp³-hybridized carbons (Fsp3) is 0.324. The molecule has 0 radical (unpaired) electrons. The molecule has 5 nitrogen and oxygen atoms in total. The van der Waals surface area contributed by atoms with Crippen LogP contribution in [0.4, 0.5) is 0 Å². The van der Waals surface area contributed by atoms with Crippen molar-refractivity contribution in [3.05, 3.63) is 107 Å². The molecule has 0 unspecified atom stereocenters. The molecule has 0 aromatic heterocycles. The third-order valence-electron chi connectivity index (χ3n) is 7.27. The third-order valence-corrected chi connectivity index (χ3v) is 7.27. The lowest BCUT2D eigenvalue weighted by molar-refractivity contribution is -0.00397. The van der Waals surface area contributed by atoms with Crippen molar-refractivity contribution >= 4 is 16.7 Å². The van der Waals surface area contributed by atoms with Crippen LogP contribution in [-0.2, 0) is 11.2 Å². The Morgan fingerprint density at radius 1 is 0.923 bits per heavy atom. The average Bonchev–Trinajstić information content (AvgIpc) is 2.89. The second-order valence-corrected chi connectivity index (χ2v) is 11.1. The first-order valence-electron chi connectivity index (χ1n) is 13.5. The van der Waals surface area contributed by atoms with Crippen molar-refractivity contribution in [3.8, 4) is 11.1 Å². The number of hydrogen-bond donors (Lipinski definition) is 3. The first kappa shape index (κ1) is 28.5. The zero-order chi connectivity index (χ0) is 28.2. The number of aliphatic hydroxyl groups is 1. The number of aryl methyl sites for hydroxylation is 2. The van der Waals surface area contributed by atoms with E-state index in [1.165, 1.54) is 16.3 Å². The van der Waals surface area contributed by atoms with E-state index in [1.54, 1.807) is 0 Å². The number of ether oxygens (including phenoxy) is 1. The molecule has 4 aromatic carbocycles. The van der Waals surface area contributed by atoms with Crippen LogP contribution in [0.5, 0.6) is 0 Å². The molecule has 0 heterocycles. The summed E-state index contributed by atoms with van der Waals surface area (Å²) in [6.45, 7) is 10.5. The monoisotopic (exact) mass is 525 g/mol. The smallest absolute Gasteiger partial charge is 0.336 e. The van der Waals surface area contributed by atoms with Gasteiger partial charge in [-0.15, -0.1) is 0 Å². The Balaban J connectivity index is 1.36. The molecular formula is C34H39NO4. The van der Waals surface area contributed by atoms with Crippen molar-refractivity contribution in [2.45, 2.75) is 58.8 Å². The van der Waals surface area contributed by atoms with Gasteiger partial charge in [-0.1, -0.05) is 78.9 Å². The molecule has 204 valence electrons. The number of rotatable bonds is 11. The fourth-order valence-corrected chi connectivity index (χ4v) is 5.29. The Morgan fingerprint density at radius 2 is 1.56 bits per heavy atom. The summed E-state index contributed by atoms with van der Waals surface area (Å²) in [6.07, 6.45) is -0.0645. The van der Waals surface area contributed by atoms with Crippen LogP contribution in [-0.4, -0.2) is 41.0 Å². The highest BCUT2D eigenvalue weighted by atomic mass is 16.5. The predicted molar refractivity (Wildman–Crippen MR) is 158 cm³/mol. The maximum Gasteiger partial charge on any atom is 0.336 e. The van der Waals surface area contributed by atoms with E-state index in [9.17, 15) is 15.0 Å². The zero-order valence-corrected chi connectivity index (χ0v) is 23.5. The van der Waals surface area contributed by atoms with Gasteiger partial charge in [-0.05, 0) is 85.2 Å². The van der Waals surface area contributed by atoms with E-state index >= 15 is 0 Å². The van der Waals surface area contributed by atoms with Crippen molar-refractivity contribution in [2.75, 3.05) is 13.2 Å². The van der Waals surface area contributed by atoms with Gasteiger partial charge < -0.3 is 20.3 Å². The van der Waals surface area contributed by atoms with Crippen molar-refractivity contribution in [1.82, 2.24) is 5.32 Å². The quantitative estimate of drug-likeness (QED) is 0.199. The topological polar surface area (TPSA) is 78.8 Å². The third kappa shape index (κ3) is 7.12. The van der Waals surface area contributed by atoms with Gasteiger partial charge in [0.1, 0.15) is 0 Å². The van der Waals surface area contributed by atoms with Crippen molar-refractivity contribution < 1.29 is 19.7 Å². The van der Waals surface area contributed by atoms with Crippen LogP contribution in [0.15, 0.2) is 78.9 Å².